The number of amides is 1. The molecule has 1 aliphatic carbocycles. The minimum absolute atomic E-state index is 0.0157. The number of carbonyl (C=O) groups excluding carboxylic acids is 1. The van der Waals surface area contributed by atoms with Gasteiger partial charge in [-0.1, -0.05) is 0 Å². The van der Waals surface area contributed by atoms with Gasteiger partial charge in [-0.2, -0.15) is 5.10 Å². The van der Waals surface area contributed by atoms with Crippen LogP contribution in [0.2, 0.25) is 0 Å². The standard InChI is InChI=1S/C34H40F2N8O5/c1-34(2,3)49-33(45)44-11-10-22(44)19-43-18-21(16-39-43)25-17-38-28(13-27(25)48-23-8-9-23)40-30-14-29(41-32(42-30)31(35)36)37-15-20-6-7-24(46-4)12-26(20)47-5/h6-7,12-14,16-18,22-23,31H,8-11,15,19H2,1-5H3,(H2,37,38,40,41,42)/t22-/m1/s1. The van der Waals surface area contributed by atoms with Crippen molar-refractivity contribution in [3.63, 3.8) is 0 Å². The molecule has 1 amide bonds. The van der Waals surface area contributed by atoms with Crippen LogP contribution >= 0.6 is 0 Å². The molecule has 0 spiro atoms. The molecule has 1 aliphatic heterocycles. The first-order valence-electron chi connectivity index (χ1n) is 16.1. The summed E-state index contributed by atoms with van der Waals surface area (Å²) in [5.74, 6) is 1.84. The summed E-state index contributed by atoms with van der Waals surface area (Å²) >= 11 is 0. The Hall–Kier alpha value is -5.21. The van der Waals surface area contributed by atoms with Gasteiger partial charge in [0.2, 0.25) is 0 Å². The van der Waals surface area contributed by atoms with Gasteiger partial charge < -0.3 is 34.5 Å². The lowest BCUT2D eigenvalue weighted by Crippen LogP contribution is -2.54. The van der Waals surface area contributed by atoms with Crippen LogP contribution in [-0.4, -0.2) is 74.2 Å². The molecule has 2 fully saturated rings. The Bertz CT molecular complexity index is 1790. The molecule has 2 N–H and O–H groups in total. The number of nitrogens with zero attached hydrogens (tertiary/aromatic N) is 6. The van der Waals surface area contributed by atoms with Gasteiger partial charge in [0.1, 0.15) is 40.3 Å². The van der Waals surface area contributed by atoms with Gasteiger partial charge in [-0.15, -0.1) is 0 Å². The van der Waals surface area contributed by atoms with Gasteiger partial charge in [0, 0.05) is 60.4 Å². The fourth-order valence-electron chi connectivity index (χ4n) is 5.23. The van der Waals surface area contributed by atoms with Crippen LogP contribution in [0.3, 0.4) is 0 Å². The molecule has 4 heterocycles. The number of carbonyl (C=O) groups is 1. The molecular weight excluding hydrogens is 638 g/mol. The van der Waals surface area contributed by atoms with Gasteiger partial charge in [-0.05, 0) is 52.2 Å². The largest absolute Gasteiger partial charge is 0.497 e. The third-order valence-electron chi connectivity index (χ3n) is 7.95. The molecule has 260 valence electrons. The number of ether oxygens (including phenoxy) is 4. The molecule has 49 heavy (non-hydrogen) atoms. The van der Waals surface area contributed by atoms with Crippen molar-refractivity contribution in [1.29, 1.82) is 0 Å². The molecule has 2 aliphatic rings. The second kappa shape index (κ2) is 14.1. The average molecular weight is 679 g/mol. The second-order valence-corrected chi connectivity index (χ2v) is 12.9. The maximum atomic E-state index is 13.8. The highest BCUT2D eigenvalue weighted by atomic mass is 19.3. The van der Waals surface area contributed by atoms with Crippen LogP contribution in [0.5, 0.6) is 17.2 Å². The van der Waals surface area contributed by atoms with E-state index in [-0.39, 0.29) is 36.4 Å². The first kappa shape index (κ1) is 33.7. The predicted molar refractivity (Wildman–Crippen MR) is 178 cm³/mol. The van der Waals surface area contributed by atoms with E-state index in [1.54, 1.807) is 54.4 Å². The SMILES string of the molecule is COc1ccc(CNc2cc(Nc3cc(OC4CC4)c(-c4cnn(C[C@H]5CCN5C(=O)OC(C)(C)C)c4)cn3)nc(C(F)F)n2)c(OC)c1. The van der Waals surface area contributed by atoms with Crippen LogP contribution in [0.25, 0.3) is 11.1 Å². The van der Waals surface area contributed by atoms with Crippen molar-refractivity contribution in [2.24, 2.45) is 0 Å². The number of methoxy groups -OCH3 is 2. The monoisotopic (exact) mass is 678 g/mol. The highest BCUT2D eigenvalue weighted by molar-refractivity contribution is 5.72. The van der Waals surface area contributed by atoms with Gasteiger partial charge >= 0.3 is 6.09 Å². The third kappa shape index (κ3) is 8.45. The lowest BCUT2D eigenvalue weighted by atomic mass is 10.0. The Balaban J connectivity index is 1.18. The Morgan fingerprint density at radius 3 is 2.47 bits per heavy atom. The van der Waals surface area contributed by atoms with Crippen LogP contribution < -0.4 is 24.8 Å². The highest BCUT2D eigenvalue weighted by Gasteiger charge is 2.35. The summed E-state index contributed by atoms with van der Waals surface area (Å²) in [7, 11) is 3.10. The number of likely N-dealkylation sites (tertiary alicyclic amines) is 1. The molecule has 1 atom stereocenters. The Morgan fingerprint density at radius 2 is 1.80 bits per heavy atom. The molecular formula is C34H40F2N8O5. The van der Waals surface area contributed by atoms with Crippen molar-refractivity contribution in [1.82, 2.24) is 29.6 Å². The van der Waals surface area contributed by atoms with Gasteiger partial charge in [0.05, 0.1) is 39.1 Å². The molecule has 15 heteroatoms. The molecule has 0 unspecified atom stereocenters. The zero-order valence-electron chi connectivity index (χ0n) is 28.1. The van der Waals surface area contributed by atoms with Crippen molar-refractivity contribution < 1.29 is 32.5 Å². The fourth-order valence-corrected chi connectivity index (χ4v) is 5.23. The van der Waals surface area contributed by atoms with Crippen LogP contribution in [-0.2, 0) is 17.8 Å². The predicted octanol–water partition coefficient (Wildman–Crippen LogP) is 6.60. The number of rotatable bonds is 13. The molecule has 0 bridgehead atoms. The average Bonchev–Trinajstić information content (AvgIpc) is 3.74. The summed E-state index contributed by atoms with van der Waals surface area (Å²) in [4.78, 5) is 26.9. The van der Waals surface area contributed by atoms with E-state index in [0.29, 0.717) is 36.2 Å². The first-order valence-corrected chi connectivity index (χ1v) is 16.1. The first-order chi connectivity index (χ1) is 23.5. The fraction of sp³-hybridized carbons (Fsp3) is 0.441. The van der Waals surface area contributed by atoms with Crippen molar-refractivity contribution in [2.75, 3.05) is 31.4 Å². The zero-order valence-corrected chi connectivity index (χ0v) is 28.1. The van der Waals surface area contributed by atoms with Gasteiger partial charge in [0.15, 0.2) is 5.82 Å². The van der Waals surface area contributed by atoms with E-state index in [4.69, 9.17) is 18.9 Å². The zero-order chi connectivity index (χ0) is 34.7. The smallest absolute Gasteiger partial charge is 0.410 e. The maximum Gasteiger partial charge on any atom is 0.410 e. The molecule has 1 saturated carbocycles. The van der Waals surface area contributed by atoms with Crippen molar-refractivity contribution >= 4 is 23.5 Å². The summed E-state index contributed by atoms with van der Waals surface area (Å²) < 4.78 is 52.0. The van der Waals surface area contributed by atoms with E-state index in [1.807, 2.05) is 33.0 Å². The summed E-state index contributed by atoms with van der Waals surface area (Å²) in [6.07, 6.45) is 4.87. The number of halogens is 2. The van der Waals surface area contributed by atoms with Gasteiger partial charge in [0.25, 0.3) is 6.43 Å². The van der Waals surface area contributed by atoms with E-state index in [0.717, 1.165) is 36.0 Å². The van der Waals surface area contributed by atoms with E-state index in [1.165, 1.54) is 6.07 Å². The maximum absolute atomic E-state index is 13.8. The minimum atomic E-state index is -2.89. The van der Waals surface area contributed by atoms with Crippen LogP contribution in [0.1, 0.15) is 57.8 Å². The van der Waals surface area contributed by atoms with E-state index in [2.05, 4.69) is 30.7 Å². The molecule has 6 rings (SSSR count). The summed E-state index contributed by atoms with van der Waals surface area (Å²) in [6, 6.07) is 8.59. The Labute approximate surface area is 283 Å². The number of benzene rings is 1. The summed E-state index contributed by atoms with van der Waals surface area (Å²) in [6.45, 7) is 6.97. The topological polar surface area (TPSA) is 138 Å². The highest BCUT2D eigenvalue weighted by Crippen LogP contribution is 2.37. The number of alkyl halides is 2. The number of hydrogen-bond acceptors (Lipinski definition) is 11. The van der Waals surface area contributed by atoms with Crippen molar-refractivity contribution in [3.8, 4) is 28.4 Å². The number of anilines is 3. The molecule has 4 aromatic rings. The van der Waals surface area contributed by atoms with Crippen LogP contribution in [0.15, 0.2) is 48.9 Å². The molecule has 0 radical (unpaired) electrons. The number of nitrogens with one attached hydrogen (secondary N) is 2. The van der Waals surface area contributed by atoms with Crippen molar-refractivity contribution in [2.45, 2.75) is 77.3 Å². The van der Waals surface area contributed by atoms with E-state index < -0.39 is 17.9 Å². The lowest BCUT2D eigenvalue weighted by molar-refractivity contribution is -0.00884. The normalized spacial score (nSPS) is 15.8. The lowest BCUT2D eigenvalue weighted by Gasteiger charge is -2.41. The van der Waals surface area contributed by atoms with E-state index >= 15 is 0 Å². The third-order valence-corrected chi connectivity index (χ3v) is 7.95. The van der Waals surface area contributed by atoms with E-state index in [9.17, 15) is 13.6 Å². The summed E-state index contributed by atoms with van der Waals surface area (Å²) in [5.41, 5.74) is 1.74. The summed E-state index contributed by atoms with van der Waals surface area (Å²) in [5, 5.41) is 10.7. The Kier molecular flexibility index (Phi) is 9.69. The number of aromatic nitrogens is 5. The van der Waals surface area contributed by atoms with Gasteiger partial charge in [-0.3, -0.25) is 4.68 Å². The number of pyridine rings is 1. The Morgan fingerprint density at radius 1 is 1.00 bits per heavy atom. The molecule has 3 aromatic heterocycles. The molecule has 1 aromatic carbocycles. The van der Waals surface area contributed by atoms with Crippen LogP contribution in [0, 0.1) is 0 Å². The molecule has 13 nitrogen and oxygen atoms in total. The van der Waals surface area contributed by atoms with Gasteiger partial charge in [-0.25, -0.2) is 28.5 Å². The minimum Gasteiger partial charge on any atom is -0.497 e. The number of hydrogen-bond donors (Lipinski definition) is 2. The second-order valence-electron chi connectivity index (χ2n) is 12.9. The quantitative estimate of drug-likeness (QED) is 0.158. The van der Waals surface area contributed by atoms with Crippen LogP contribution in [0.4, 0.5) is 31.0 Å². The van der Waals surface area contributed by atoms with Crippen molar-refractivity contribution in [3.05, 3.63) is 60.3 Å². The molecule has 1 saturated heterocycles.